The van der Waals surface area contributed by atoms with Crippen LogP contribution in [0.1, 0.15) is 33.1 Å². The molecule has 1 saturated carbocycles. The Morgan fingerprint density at radius 3 is 2.67 bits per heavy atom. The van der Waals surface area contributed by atoms with Gasteiger partial charge in [-0.1, -0.05) is 38.5 Å². The first-order valence-corrected chi connectivity index (χ1v) is 9.78. The summed E-state index contributed by atoms with van der Waals surface area (Å²) in [6, 6.07) is 12.7. The lowest BCUT2D eigenvalue weighted by Gasteiger charge is -2.42. The molecule has 2 aromatic heterocycles. The number of nitrogens with one attached hydrogen (secondary N) is 1. The summed E-state index contributed by atoms with van der Waals surface area (Å²) in [4.78, 5) is 17.1. The number of hydrogen-bond donors (Lipinski definition) is 1. The zero-order valence-electron chi connectivity index (χ0n) is 16.3. The molecule has 2 heterocycles. The third-order valence-electron chi connectivity index (χ3n) is 5.97. The van der Waals surface area contributed by atoms with E-state index in [0.717, 1.165) is 36.2 Å². The maximum atomic E-state index is 12.6. The highest BCUT2D eigenvalue weighted by molar-refractivity contribution is 5.88. The van der Waals surface area contributed by atoms with Gasteiger partial charge in [0.25, 0.3) is 0 Å². The number of hydrogen-bond acceptors (Lipinski definition) is 3. The van der Waals surface area contributed by atoms with Crippen LogP contribution in [-0.4, -0.2) is 21.9 Å². The Bertz CT molecular complexity index is 982. The van der Waals surface area contributed by atoms with Gasteiger partial charge in [0.05, 0.1) is 11.4 Å². The number of Topliss-reactive ketones (excluding diaryl/α,β-unsaturated/α-hetero) is 1. The largest absolute Gasteiger partial charge is 0.383 e. The Balaban J connectivity index is 1.58. The third-order valence-corrected chi connectivity index (χ3v) is 5.97. The van der Waals surface area contributed by atoms with Gasteiger partial charge in [0.1, 0.15) is 5.78 Å². The number of aromatic nitrogens is 2. The number of fused-ring (bicyclic) bond motifs is 1. The molecule has 27 heavy (non-hydrogen) atoms. The van der Waals surface area contributed by atoms with Gasteiger partial charge in [0, 0.05) is 53.8 Å². The Kier molecular flexibility index (Phi) is 4.50. The Morgan fingerprint density at radius 1 is 1.22 bits per heavy atom. The summed E-state index contributed by atoms with van der Waals surface area (Å²) in [5, 5.41) is 4.72. The number of rotatable bonds is 6. The van der Waals surface area contributed by atoms with Crippen molar-refractivity contribution in [1.82, 2.24) is 9.55 Å². The molecule has 0 saturated heterocycles. The Morgan fingerprint density at radius 2 is 2.00 bits per heavy atom. The minimum Gasteiger partial charge on any atom is -0.383 e. The molecular weight excluding hydrogens is 334 g/mol. The lowest BCUT2D eigenvalue weighted by molar-refractivity contribution is -0.135. The molecule has 1 aliphatic rings. The fourth-order valence-electron chi connectivity index (χ4n) is 4.24. The smallest absolute Gasteiger partial charge is 0.143 e. The van der Waals surface area contributed by atoms with Crippen LogP contribution in [0.2, 0.25) is 0 Å². The molecule has 1 aliphatic carbocycles. The maximum Gasteiger partial charge on any atom is 0.143 e. The second kappa shape index (κ2) is 6.84. The monoisotopic (exact) mass is 361 g/mol. The van der Waals surface area contributed by atoms with Gasteiger partial charge in [-0.15, -0.1) is 0 Å². The topological polar surface area (TPSA) is 46.9 Å². The van der Waals surface area contributed by atoms with Crippen LogP contribution >= 0.6 is 0 Å². The van der Waals surface area contributed by atoms with Gasteiger partial charge < -0.3 is 9.88 Å². The summed E-state index contributed by atoms with van der Waals surface area (Å²) in [6.07, 6.45) is 6.88. The van der Waals surface area contributed by atoms with E-state index in [0.29, 0.717) is 12.3 Å². The predicted molar refractivity (Wildman–Crippen MR) is 111 cm³/mol. The van der Waals surface area contributed by atoms with Crippen LogP contribution in [0, 0.1) is 11.3 Å². The molecule has 0 radical (unpaired) electrons. The number of nitrogens with zero attached hydrogens (tertiary/aromatic N) is 2. The highest BCUT2D eigenvalue weighted by atomic mass is 16.1. The molecule has 0 atom stereocenters. The number of benzene rings is 1. The van der Waals surface area contributed by atoms with Crippen LogP contribution in [0.25, 0.3) is 22.2 Å². The average Bonchev–Trinajstić information content (AvgIpc) is 2.98. The van der Waals surface area contributed by atoms with Gasteiger partial charge in [-0.25, -0.2) is 0 Å². The van der Waals surface area contributed by atoms with Gasteiger partial charge >= 0.3 is 0 Å². The Hall–Kier alpha value is -2.62. The SMILES string of the molecule is CC(C)C(=O)C1(CNc2cncc(-c3cc4ccccc4n3C)c2)CCC1. The average molecular weight is 361 g/mol. The van der Waals surface area contributed by atoms with Crippen molar-refractivity contribution in [2.75, 3.05) is 11.9 Å². The van der Waals surface area contributed by atoms with E-state index in [-0.39, 0.29) is 11.3 Å². The molecule has 3 aromatic rings. The maximum absolute atomic E-state index is 12.6. The second-order valence-corrected chi connectivity index (χ2v) is 8.12. The minimum atomic E-state index is -0.191. The number of carbonyl (C=O) groups excluding carboxylic acids is 1. The fraction of sp³-hybridized carbons (Fsp3) is 0.391. The standard InChI is InChI=1S/C23H27N3O/c1-16(2)22(27)23(9-6-10-23)15-25-19-11-18(13-24-14-19)21-12-17-7-4-5-8-20(17)26(21)3/h4-5,7-8,11-14,16,25H,6,9-10,15H2,1-3H3. The molecule has 1 N–H and O–H groups in total. The summed E-state index contributed by atoms with van der Waals surface area (Å²) in [5.74, 6) is 0.478. The molecule has 4 rings (SSSR count). The zero-order chi connectivity index (χ0) is 19.0. The number of pyridine rings is 1. The molecule has 4 heteroatoms. The molecule has 0 spiro atoms. The van der Waals surface area contributed by atoms with Crippen LogP contribution < -0.4 is 5.32 Å². The normalized spacial score (nSPS) is 15.7. The highest BCUT2D eigenvalue weighted by Crippen LogP contribution is 2.43. The van der Waals surface area contributed by atoms with Crippen molar-refractivity contribution in [3.63, 3.8) is 0 Å². The van der Waals surface area contributed by atoms with Crippen molar-refractivity contribution >= 4 is 22.4 Å². The van der Waals surface area contributed by atoms with Crippen LogP contribution in [0.4, 0.5) is 5.69 Å². The molecule has 0 amide bonds. The summed E-state index contributed by atoms with van der Waals surface area (Å²) in [5.41, 5.74) is 4.21. The van der Waals surface area contributed by atoms with Crippen molar-refractivity contribution in [2.45, 2.75) is 33.1 Å². The van der Waals surface area contributed by atoms with E-state index in [2.05, 4.69) is 58.3 Å². The number of aryl methyl sites for hydroxylation is 1. The van der Waals surface area contributed by atoms with Gasteiger partial charge in [-0.2, -0.15) is 0 Å². The van der Waals surface area contributed by atoms with Crippen molar-refractivity contribution in [1.29, 1.82) is 0 Å². The van der Waals surface area contributed by atoms with Crippen LogP contribution in [0.5, 0.6) is 0 Å². The van der Waals surface area contributed by atoms with Crippen LogP contribution in [0.15, 0.2) is 48.8 Å². The molecule has 0 bridgehead atoms. The molecule has 0 unspecified atom stereocenters. The number of anilines is 1. The molecule has 140 valence electrons. The van der Waals surface area contributed by atoms with E-state index >= 15 is 0 Å². The minimum absolute atomic E-state index is 0.0901. The van der Waals surface area contributed by atoms with E-state index in [1.54, 1.807) is 0 Å². The summed E-state index contributed by atoms with van der Waals surface area (Å²) in [6.45, 7) is 4.71. The molecule has 1 fully saturated rings. The molecule has 4 nitrogen and oxygen atoms in total. The second-order valence-electron chi connectivity index (χ2n) is 8.12. The van der Waals surface area contributed by atoms with Crippen LogP contribution in [0.3, 0.4) is 0 Å². The van der Waals surface area contributed by atoms with Crippen molar-refractivity contribution < 1.29 is 4.79 Å². The predicted octanol–water partition coefficient (Wildman–Crippen LogP) is 5.05. The number of carbonyl (C=O) groups is 1. The van der Waals surface area contributed by atoms with Crippen molar-refractivity contribution in [3.8, 4) is 11.3 Å². The van der Waals surface area contributed by atoms with E-state index in [9.17, 15) is 4.79 Å². The summed E-state index contributed by atoms with van der Waals surface area (Å²) >= 11 is 0. The first-order valence-electron chi connectivity index (χ1n) is 9.78. The number of para-hydroxylation sites is 1. The quantitative estimate of drug-likeness (QED) is 0.668. The van der Waals surface area contributed by atoms with Crippen molar-refractivity contribution in [2.24, 2.45) is 18.4 Å². The van der Waals surface area contributed by atoms with E-state index in [1.165, 1.54) is 10.9 Å². The molecule has 0 aliphatic heterocycles. The van der Waals surface area contributed by atoms with E-state index in [4.69, 9.17) is 0 Å². The first kappa shape index (κ1) is 17.8. The van der Waals surface area contributed by atoms with Crippen LogP contribution in [-0.2, 0) is 11.8 Å². The van der Waals surface area contributed by atoms with Gasteiger partial charge in [0.15, 0.2) is 0 Å². The first-order chi connectivity index (χ1) is 13.0. The van der Waals surface area contributed by atoms with Gasteiger partial charge in [0.2, 0.25) is 0 Å². The highest BCUT2D eigenvalue weighted by Gasteiger charge is 2.44. The zero-order valence-corrected chi connectivity index (χ0v) is 16.3. The molecule has 1 aromatic carbocycles. The Labute approximate surface area is 160 Å². The third kappa shape index (κ3) is 3.14. The van der Waals surface area contributed by atoms with Gasteiger partial charge in [-0.3, -0.25) is 9.78 Å². The lowest BCUT2D eigenvalue weighted by Crippen LogP contribution is -2.45. The molecular formula is C23H27N3O. The fourth-order valence-corrected chi connectivity index (χ4v) is 4.24. The van der Waals surface area contributed by atoms with E-state index < -0.39 is 0 Å². The van der Waals surface area contributed by atoms with Crippen molar-refractivity contribution in [3.05, 3.63) is 48.8 Å². The van der Waals surface area contributed by atoms with Gasteiger partial charge in [-0.05, 0) is 31.0 Å². The lowest BCUT2D eigenvalue weighted by atomic mass is 9.63. The summed E-state index contributed by atoms with van der Waals surface area (Å²) < 4.78 is 2.20. The number of ketones is 1. The van der Waals surface area contributed by atoms with E-state index in [1.807, 2.05) is 26.2 Å². The summed E-state index contributed by atoms with van der Waals surface area (Å²) in [7, 11) is 2.09.